The van der Waals surface area contributed by atoms with E-state index in [9.17, 15) is 4.39 Å². The molecule has 0 spiro atoms. The molecule has 2 aromatic rings. The van der Waals surface area contributed by atoms with Gasteiger partial charge in [0.1, 0.15) is 5.82 Å². The number of hydrogen-bond donors (Lipinski definition) is 0. The predicted octanol–water partition coefficient (Wildman–Crippen LogP) is 4.63. The van der Waals surface area contributed by atoms with E-state index in [-0.39, 0.29) is 11.2 Å². The number of pyridine rings is 1. The Morgan fingerprint density at radius 3 is 2.47 bits per heavy atom. The van der Waals surface area contributed by atoms with Crippen molar-refractivity contribution in [3.8, 4) is 0 Å². The summed E-state index contributed by atoms with van der Waals surface area (Å²) in [6, 6.07) is 4.92. The predicted molar refractivity (Wildman–Crippen MR) is 70.1 cm³/mol. The Morgan fingerprint density at radius 2 is 1.88 bits per heavy atom. The minimum atomic E-state index is -0.316. The number of hydrogen-bond acceptors (Lipinski definition) is 1. The van der Waals surface area contributed by atoms with E-state index in [4.69, 9.17) is 11.6 Å². The Bertz CT molecular complexity index is 585. The van der Waals surface area contributed by atoms with E-state index in [1.165, 1.54) is 6.07 Å². The van der Waals surface area contributed by atoms with Gasteiger partial charge in [-0.15, -0.1) is 0 Å². The molecule has 0 amide bonds. The molecule has 1 aromatic carbocycles. The summed E-state index contributed by atoms with van der Waals surface area (Å²) < 4.78 is 13.7. The van der Waals surface area contributed by atoms with Crippen LogP contribution in [0.25, 0.3) is 10.9 Å². The van der Waals surface area contributed by atoms with E-state index >= 15 is 0 Å². The smallest absolute Gasteiger partial charge is 0.134 e. The van der Waals surface area contributed by atoms with Crippen LogP contribution in [0.15, 0.2) is 18.2 Å². The molecule has 0 saturated carbocycles. The van der Waals surface area contributed by atoms with E-state index in [1.807, 2.05) is 6.92 Å². The molecule has 0 radical (unpaired) electrons. The maximum Gasteiger partial charge on any atom is 0.134 e. The summed E-state index contributed by atoms with van der Waals surface area (Å²) in [7, 11) is 0. The van der Waals surface area contributed by atoms with Crippen LogP contribution >= 0.6 is 11.6 Å². The van der Waals surface area contributed by atoms with Gasteiger partial charge < -0.3 is 0 Å². The molecular weight excluding hydrogens is 237 g/mol. The van der Waals surface area contributed by atoms with Gasteiger partial charge in [-0.3, -0.25) is 4.98 Å². The average molecular weight is 252 g/mol. The molecular formula is C14H15ClFN. The normalized spacial score (nSPS) is 12.1. The fourth-order valence-electron chi connectivity index (χ4n) is 1.77. The third-order valence-electron chi connectivity index (χ3n) is 2.83. The lowest BCUT2D eigenvalue weighted by Crippen LogP contribution is -2.13. The minimum absolute atomic E-state index is 0.101. The van der Waals surface area contributed by atoms with Gasteiger partial charge in [-0.2, -0.15) is 0 Å². The zero-order chi connectivity index (χ0) is 12.8. The van der Waals surface area contributed by atoms with Crippen molar-refractivity contribution in [2.24, 2.45) is 0 Å². The van der Waals surface area contributed by atoms with Crippen LogP contribution in [-0.2, 0) is 5.41 Å². The molecule has 0 atom stereocenters. The summed E-state index contributed by atoms with van der Waals surface area (Å²) in [5.74, 6) is -0.316. The molecule has 0 aliphatic heterocycles. The summed E-state index contributed by atoms with van der Waals surface area (Å²) in [5, 5.41) is 0.848. The standard InChI is InChI=1S/C14H15ClFN/c1-8-5-6-10(16)12-9(15)7-11(14(2,3)4)17-13(8)12/h5-7H,1-4H3. The van der Waals surface area contributed by atoms with Gasteiger partial charge in [0.15, 0.2) is 0 Å². The van der Waals surface area contributed by atoms with Crippen molar-refractivity contribution in [2.75, 3.05) is 0 Å². The molecule has 0 N–H and O–H groups in total. The van der Waals surface area contributed by atoms with Crippen molar-refractivity contribution in [2.45, 2.75) is 33.1 Å². The zero-order valence-electron chi connectivity index (χ0n) is 10.4. The van der Waals surface area contributed by atoms with Crippen LogP contribution in [0.1, 0.15) is 32.0 Å². The Balaban J connectivity index is 2.87. The highest BCUT2D eigenvalue weighted by atomic mass is 35.5. The second kappa shape index (κ2) is 3.95. The number of rotatable bonds is 0. The molecule has 0 aliphatic carbocycles. The van der Waals surface area contributed by atoms with Crippen molar-refractivity contribution < 1.29 is 4.39 Å². The van der Waals surface area contributed by atoms with Gasteiger partial charge in [-0.25, -0.2) is 4.39 Å². The summed E-state index contributed by atoms with van der Waals surface area (Å²) in [6.07, 6.45) is 0. The molecule has 17 heavy (non-hydrogen) atoms. The van der Waals surface area contributed by atoms with E-state index < -0.39 is 0 Å². The first-order valence-corrected chi connectivity index (χ1v) is 5.94. The van der Waals surface area contributed by atoms with Gasteiger partial charge in [0.05, 0.1) is 15.9 Å². The second-order valence-corrected chi connectivity index (χ2v) is 5.73. The van der Waals surface area contributed by atoms with Crippen LogP contribution in [-0.4, -0.2) is 4.98 Å². The van der Waals surface area contributed by atoms with Crippen LogP contribution in [0.4, 0.5) is 4.39 Å². The number of aromatic nitrogens is 1. The lowest BCUT2D eigenvalue weighted by atomic mass is 9.91. The number of nitrogens with zero attached hydrogens (tertiary/aromatic N) is 1. The molecule has 1 nitrogen and oxygen atoms in total. The van der Waals surface area contributed by atoms with Gasteiger partial charge in [0, 0.05) is 11.1 Å². The Hall–Kier alpha value is -1.15. The monoisotopic (exact) mass is 251 g/mol. The highest BCUT2D eigenvalue weighted by Gasteiger charge is 2.19. The van der Waals surface area contributed by atoms with Gasteiger partial charge >= 0.3 is 0 Å². The molecule has 0 aliphatic rings. The van der Waals surface area contributed by atoms with Crippen molar-refractivity contribution in [3.05, 3.63) is 40.3 Å². The SMILES string of the molecule is Cc1ccc(F)c2c(Cl)cc(C(C)(C)C)nc12. The second-order valence-electron chi connectivity index (χ2n) is 5.33. The van der Waals surface area contributed by atoms with Crippen molar-refractivity contribution in [3.63, 3.8) is 0 Å². The Morgan fingerprint density at radius 1 is 1.24 bits per heavy atom. The zero-order valence-corrected chi connectivity index (χ0v) is 11.2. The number of fused-ring (bicyclic) bond motifs is 1. The van der Waals surface area contributed by atoms with E-state index in [1.54, 1.807) is 12.1 Å². The van der Waals surface area contributed by atoms with E-state index in [0.717, 1.165) is 11.3 Å². The van der Waals surface area contributed by atoms with Crippen LogP contribution in [0.5, 0.6) is 0 Å². The molecule has 0 unspecified atom stereocenters. The van der Waals surface area contributed by atoms with Crippen molar-refractivity contribution in [1.82, 2.24) is 4.98 Å². The topological polar surface area (TPSA) is 12.9 Å². The molecule has 0 fully saturated rings. The Kier molecular flexibility index (Phi) is 2.86. The van der Waals surface area contributed by atoms with Crippen LogP contribution < -0.4 is 0 Å². The van der Waals surface area contributed by atoms with Crippen LogP contribution in [0, 0.1) is 12.7 Å². The molecule has 0 saturated heterocycles. The quantitative estimate of drug-likeness (QED) is 0.665. The third-order valence-corrected chi connectivity index (χ3v) is 3.13. The maximum absolute atomic E-state index is 13.7. The van der Waals surface area contributed by atoms with Crippen molar-refractivity contribution in [1.29, 1.82) is 0 Å². The number of aryl methyl sites for hydroxylation is 1. The lowest BCUT2D eigenvalue weighted by Gasteiger charge is -2.19. The van der Waals surface area contributed by atoms with E-state index in [2.05, 4.69) is 25.8 Å². The first kappa shape index (κ1) is 12.3. The number of halogens is 2. The Labute approximate surface area is 106 Å². The van der Waals surface area contributed by atoms with Gasteiger partial charge in [0.2, 0.25) is 0 Å². The fraction of sp³-hybridized carbons (Fsp3) is 0.357. The molecule has 3 heteroatoms. The van der Waals surface area contributed by atoms with E-state index in [0.29, 0.717) is 15.9 Å². The van der Waals surface area contributed by atoms with Crippen LogP contribution in [0.2, 0.25) is 5.02 Å². The molecule has 1 heterocycles. The van der Waals surface area contributed by atoms with Crippen molar-refractivity contribution >= 4 is 22.5 Å². The summed E-state index contributed by atoms with van der Waals surface area (Å²) in [5.41, 5.74) is 2.37. The largest absolute Gasteiger partial charge is 0.252 e. The summed E-state index contributed by atoms with van der Waals surface area (Å²) in [4.78, 5) is 4.54. The molecule has 1 aromatic heterocycles. The van der Waals surface area contributed by atoms with Crippen LogP contribution in [0.3, 0.4) is 0 Å². The first-order valence-electron chi connectivity index (χ1n) is 5.56. The summed E-state index contributed by atoms with van der Waals surface area (Å²) >= 11 is 6.17. The third kappa shape index (κ3) is 2.14. The maximum atomic E-state index is 13.7. The molecule has 2 rings (SSSR count). The first-order chi connectivity index (χ1) is 7.80. The highest BCUT2D eigenvalue weighted by molar-refractivity contribution is 6.35. The average Bonchev–Trinajstić information content (AvgIpc) is 2.21. The van der Waals surface area contributed by atoms with Gasteiger partial charge in [-0.1, -0.05) is 38.4 Å². The highest BCUT2D eigenvalue weighted by Crippen LogP contribution is 2.31. The fourth-order valence-corrected chi connectivity index (χ4v) is 2.05. The minimum Gasteiger partial charge on any atom is -0.252 e. The van der Waals surface area contributed by atoms with Gasteiger partial charge in [-0.05, 0) is 24.6 Å². The molecule has 90 valence electrons. The summed E-state index contributed by atoms with van der Waals surface area (Å²) in [6.45, 7) is 8.10. The molecule has 0 bridgehead atoms. The number of benzene rings is 1. The lowest BCUT2D eigenvalue weighted by molar-refractivity contribution is 0.571. The van der Waals surface area contributed by atoms with Gasteiger partial charge in [0.25, 0.3) is 0 Å².